The average molecular weight is 224 g/mol. The molecule has 17 heavy (non-hydrogen) atoms. The lowest BCUT2D eigenvalue weighted by Gasteiger charge is -2.07. The quantitative estimate of drug-likeness (QED) is 0.699. The van der Waals surface area contributed by atoms with Gasteiger partial charge in [0.2, 0.25) is 0 Å². The minimum atomic E-state index is 0.122. The molecule has 0 amide bonds. The molecular formula is C16H16O. The SMILES string of the molecule is CC(=O)c1cc(-c2cccc(C)c2)ccc1C. The van der Waals surface area contributed by atoms with E-state index in [1.165, 1.54) is 5.56 Å². The van der Waals surface area contributed by atoms with Gasteiger partial charge in [-0.25, -0.2) is 0 Å². The number of aryl methyl sites for hydroxylation is 2. The maximum atomic E-state index is 11.5. The number of carbonyl (C=O) groups excluding carboxylic acids is 1. The minimum absolute atomic E-state index is 0.122. The molecule has 0 heterocycles. The Balaban J connectivity index is 2.54. The molecule has 0 unspecified atom stereocenters. The standard InChI is InChI=1S/C16H16O/c1-11-5-4-6-14(9-11)15-8-7-12(2)16(10-15)13(3)17/h4-10H,1-3H3. The highest BCUT2D eigenvalue weighted by Crippen LogP contribution is 2.23. The number of hydrogen-bond donors (Lipinski definition) is 0. The zero-order chi connectivity index (χ0) is 12.4. The van der Waals surface area contributed by atoms with Crippen LogP contribution in [0, 0.1) is 13.8 Å². The summed E-state index contributed by atoms with van der Waals surface area (Å²) in [4.78, 5) is 11.5. The van der Waals surface area contributed by atoms with Gasteiger partial charge in [-0.3, -0.25) is 4.79 Å². The molecule has 0 bridgehead atoms. The Morgan fingerprint density at radius 2 is 1.65 bits per heavy atom. The van der Waals surface area contributed by atoms with E-state index in [9.17, 15) is 4.79 Å². The number of Topliss-reactive ketones (excluding diaryl/α,β-unsaturated/α-hetero) is 1. The highest BCUT2D eigenvalue weighted by atomic mass is 16.1. The van der Waals surface area contributed by atoms with Crippen molar-refractivity contribution in [2.75, 3.05) is 0 Å². The average Bonchev–Trinajstić information content (AvgIpc) is 2.29. The number of ketones is 1. The third-order valence-corrected chi connectivity index (χ3v) is 2.97. The number of rotatable bonds is 2. The van der Waals surface area contributed by atoms with E-state index in [1.54, 1.807) is 6.92 Å². The van der Waals surface area contributed by atoms with Crippen LogP contribution in [-0.2, 0) is 0 Å². The van der Waals surface area contributed by atoms with Gasteiger partial charge >= 0.3 is 0 Å². The number of hydrogen-bond acceptors (Lipinski definition) is 1. The molecule has 86 valence electrons. The van der Waals surface area contributed by atoms with Gasteiger partial charge in [0.25, 0.3) is 0 Å². The monoisotopic (exact) mass is 224 g/mol. The smallest absolute Gasteiger partial charge is 0.160 e. The fourth-order valence-corrected chi connectivity index (χ4v) is 2.01. The Hall–Kier alpha value is -1.89. The van der Waals surface area contributed by atoms with E-state index in [-0.39, 0.29) is 5.78 Å². The molecule has 1 nitrogen and oxygen atoms in total. The molecule has 0 saturated heterocycles. The van der Waals surface area contributed by atoms with Gasteiger partial charge in [-0.05, 0) is 43.5 Å². The van der Waals surface area contributed by atoms with Crippen molar-refractivity contribution >= 4 is 5.78 Å². The third-order valence-electron chi connectivity index (χ3n) is 2.97. The van der Waals surface area contributed by atoms with Crippen molar-refractivity contribution < 1.29 is 4.79 Å². The molecule has 2 rings (SSSR count). The highest BCUT2D eigenvalue weighted by Gasteiger charge is 2.06. The minimum Gasteiger partial charge on any atom is -0.295 e. The first kappa shape index (κ1) is 11.6. The lowest BCUT2D eigenvalue weighted by Crippen LogP contribution is -1.96. The van der Waals surface area contributed by atoms with Crippen molar-refractivity contribution in [1.82, 2.24) is 0 Å². The normalized spacial score (nSPS) is 10.3. The van der Waals surface area contributed by atoms with E-state index < -0.39 is 0 Å². The van der Waals surface area contributed by atoms with E-state index in [1.807, 2.05) is 25.1 Å². The van der Waals surface area contributed by atoms with Crippen LogP contribution in [0.3, 0.4) is 0 Å². The number of carbonyl (C=O) groups is 1. The van der Waals surface area contributed by atoms with Crippen molar-refractivity contribution in [2.24, 2.45) is 0 Å². The second kappa shape index (κ2) is 4.54. The summed E-state index contributed by atoms with van der Waals surface area (Å²) in [7, 11) is 0. The van der Waals surface area contributed by atoms with Crippen molar-refractivity contribution in [3.05, 3.63) is 59.2 Å². The van der Waals surface area contributed by atoms with Crippen LogP contribution in [0.5, 0.6) is 0 Å². The Bertz CT molecular complexity index is 567. The van der Waals surface area contributed by atoms with Crippen LogP contribution in [-0.4, -0.2) is 5.78 Å². The summed E-state index contributed by atoms with van der Waals surface area (Å²) < 4.78 is 0. The predicted molar refractivity (Wildman–Crippen MR) is 71.4 cm³/mol. The summed E-state index contributed by atoms with van der Waals surface area (Å²) in [6, 6.07) is 14.4. The van der Waals surface area contributed by atoms with Gasteiger partial charge in [0, 0.05) is 5.56 Å². The van der Waals surface area contributed by atoms with Gasteiger partial charge < -0.3 is 0 Å². The van der Waals surface area contributed by atoms with Crippen LogP contribution in [0.1, 0.15) is 28.4 Å². The van der Waals surface area contributed by atoms with Gasteiger partial charge in [-0.1, -0.05) is 42.0 Å². The molecular weight excluding hydrogens is 208 g/mol. The molecule has 0 saturated carbocycles. The molecule has 0 aliphatic heterocycles. The van der Waals surface area contributed by atoms with E-state index >= 15 is 0 Å². The fraction of sp³-hybridized carbons (Fsp3) is 0.188. The molecule has 1 heteroatoms. The fourth-order valence-electron chi connectivity index (χ4n) is 2.01. The van der Waals surface area contributed by atoms with Crippen LogP contribution in [0.4, 0.5) is 0 Å². The van der Waals surface area contributed by atoms with Gasteiger partial charge in [-0.2, -0.15) is 0 Å². The van der Waals surface area contributed by atoms with Crippen LogP contribution >= 0.6 is 0 Å². The lowest BCUT2D eigenvalue weighted by molar-refractivity contribution is 0.101. The van der Waals surface area contributed by atoms with Crippen molar-refractivity contribution in [3.63, 3.8) is 0 Å². The van der Waals surface area contributed by atoms with Crippen LogP contribution in [0.15, 0.2) is 42.5 Å². The Morgan fingerprint density at radius 1 is 0.941 bits per heavy atom. The second-order valence-corrected chi connectivity index (χ2v) is 4.46. The molecule has 0 spiro atoms. The number of benzene rings is 2. The van der Waals surface area contributed by atoms with E-state index in [2.05, 4.69) is 31.2 Å². The Kier molecular flexibility index (Phi) is 3.10. The van der Waals surface area contributed by atoms with Crippen LogP contribution in [0.2, 0.25) is 0 Å². The first-order chi connectivity index (χ1) is 8.08. The van der Waals surface area contributed by atoms with Crippen LogP contribution in [0.25, 0.3) is 11.1 Å². The molecule has 0 fully saturated rings. The maximum absolute atomic E-state index is 11.5. The molecule has 0 aliphatic carbocycles. The van der Waals surface area contributed by atoms with Crippen molar-refractivity contribution in [3.8, 4) is 11.1 Å². The van der Waals surface area contributed by atoms with E-state index in [0.29, 0.717) is 0 Å². The summed E-state index contributed by atoms with van der Waals surface area (Å²) in [5.74, 6) is 0.122. The maximum Gasteiger partial charge on any atom is 0.160 e. The zero-order valence-corrected chi connectivity index (χ0v) is 10.4. The first-order valence-electron chi connectivity index (χ1n) is 5.76. The third kappa shape index (κ3) is 2.44. The summed E-state index contributed by atoms with van der Waals surface area (Å²) in [5.41, 5.74) is 5.34. The van der Waals surface area contributed by atoms with E-state index in [4.69, 9.17) is 0 Å². The molecule has 0 atom stereocenters. The Labute approximate surface area is 102 Å². The summed E-state index contributed by atoms with van der Waals surface area (Å²) >= 11 is 0. The predicted octanol–water partition coefficient (Wildman–Crippen LogP) is 4.17. The van der Waals surface area contributed by atoms with Gasteiger partial charge in [0.15, 0.2) is 5.78 Å². The molecule has 2 aromatic rings. The van der Waals surface area contributed by atoms with Crippen molar-refractivity contribution in [2.45, 2.75) is 20.8 Å². The zero-order valence-electron chi connectivity index (χ0n) is 10.4. The molecule has 0 radical (unpaired) electrons. The Morgan fingerprint density at radius 3 is 2.29 bits per heavy atom. The van der Waals surface area contributed by atoms with E-state index in [0.717, 1.165) is 22.3 Å². The molecule has 0 N–H and O–H groups in total. The summed E-state index contributed by atoms with van der Waals surface area (Å²) in [6.45, 7) is 5.66. The molecule has 0 aromatic heterocycles. The first-order valence-corrected chi connectivity index (χ1v) is 5.76. The largest absolute Gasteiger partial charge is 0.295 e. The summed E-state index contributed by atoms with van der Waals surface area (Å²) in [5, 5.41) is 0. The molecule has 2 aromatic carbocycles. The highest BCUT2D eigenvalue weighted by molar-refractivity contribution is 5.96. The van der Waals surface area contributed by atoms with Crippen LogP contribution < -0.4 is 0 Å². The lowest BCUT2D eigenvalue weighted by atomic mass is 9.97. The topological polar surface area (TPSA) is 17.1 Å². The van der Waals surface area contributed by atoms with Gasteiger partial charge in [0.1, 0.15) is 0 Å². The van der Waals surface area contributed by atoms with Gasteiger partial charge in [-0.15, -0.1) is 0 Å². The molecule has 0 aliphatic rings. The summed E-state index contributed by atoms with van der Waals surface area (Å²) in [6.07, 6.45) is 0. The van der Waals surface area contributed by atoms with Gasteiger partial charge in [0.05, 0.1) is 0 Å². The second-order valence-electron chi connectivity index (χ2n) is 4.46. The van der Waals surface area contributed by atoms with Crippen molar-refractivity contribution in [1.29, 1.82) is 0 Å².